The van der Waals surface area contributed by atoms with E-state index in [1.807, 2.05) is 11.0 Å². The van der Waals surface area contributed by atoms with E-state index in [1.54, 1.807) is 13.2 Å². The van der Waals surface area contributed by atoms with Crippen LogP contribution in [0.5, 0.6) is 11.8 Å². The van der Waals surface area contributed by atoms with Gasteiger partial charge in [0.15, 0.2) is 0 Å². The Morgan fingerprint density at radius 3 is 2.43 bits per heavy atom. The third-order valence-corrected chi connectivity index (χ3v) is 11.5. The summed E-state index contributed by atoms with van der Waals surface area (Å²) in [4.78, 5) is 35.1. The van der Waals surface area contributed by atoms with Crippen molar-refractivity contribution < 1.29 is 29.3 Å². The summed E-state index contributed by atoms with van der Waals surface area (Å²) >= 11 is 6.72. The van der Waals surface area contributed by atoms with E-state index in [1.165, 1.54) is 5.56 Å². The van der Waals surface area contributed by atoms with Crippen molar-refractivity contribution in [3.63, 3.8) is 0 Å². The molecular formula is C42H40ClN5O6. The number of pyridine rings is 1. The SMILES string of the molecule is COc1nc(O[C@H]2CCc3c(-c4cccc(-c5cc6cc(CN7CC[C@H](C(=O)O)C7)cc(C#N)c6[nH]5)c4C)cccc32)c(Cl)cc1CN1CC(C(=O)O)C1. The van der Waals surface area contributed by atoms with Crippen molar-refractivity contribution >= 4 is 34.4 Å². The molecule has 2 fully saturated rings. The molecule has 8 rings (SSSR count). The van der Waals surface area contributed by atoms with E-state index in [9.17, 15) is 25.1 Å². The van der Waals surface area contributed by atoms with E-state index in [-0.39, 0.29) is 17.9 Å². The maximum atomic E-state index is 11.5. The maximum absolute atomic E-state index is 11.5. The molecule has 0 unspecified atom stereocenters. The molecule has 2 saturated heterocycles. The van der Waals surface area contributed by atoms with Crippen LogP contribution in [0.4, 0.5) is 0 Å². The number of rotatable bonds is 11. The van der Waals surface area contributed by atoms with Crippen LogP contribution in [0.2, 0.25) is 5.02 Å². The monoisotopic (exact) mass is 745 g/mol. The van der Waals surface area contributed by atoms with E-state index in [4.69, 9.17) is 21.1 Å². The summed E-state index contributed by atoms with van der Waals surface area (Å²) in [5.74, 6) is -1.54. The first-order valence-corrected chi connectivity index (χ1v) is 18.6. The van der Waals surface area contributed by atoms with Gasteiger partial charge in [-0.2, -0.15) is 10.2 Å². The van der Waals surface area contributed by atoms with E-state index in [0.29, 0.717) is 61.5 Å². The van der Waals surface area contributed by atoms with Crippen LogP contribution >= 0.6 is 11.6 Å². The Bertz CT molecular complexity index is 2340. The van der Waals surface area contributed by atoms with Crippen LogP contribution in [0.3, 0.4) is 0 Å². The summed E-state index contributed by atoms with van der Waals surface area (Å²) < 4.78 is 12.1. The zero-order chi connectivity index (χ0) is 37.7. The van der Waals surface area contributed by atoms with E-state index in [2.05, 4.69) is 76.4 Å². The Morgan fingerprint density at radius 2 is 1.69 bits per heavy atom. The second-order valence-corrected chi connectivity index (χ2v) is 15.0. The number of methoxy groups -OCH3 is 1. The van der Waals surface area contributed by atoms with Gasteiger partial charge in [0, 0.05) is 54.9 Å². The number of hydrogen-bond acceptors (Lipinski definition) is 8. The molecule has 0 amide bonds. The summed E-state index contributed by atoms with van der Waals surface area (Å²) in [5, 5.41) is 30.1. The summed E-state index contributed by atoms with van der Waals surface area (Å²) in [6.45, 7) is 5.40. The van der Waals surface area contributed by atoms with Gasteiger partial charge in [-0.1, -0.05) is 48.0 Å². The van der Waals surface area contributed by atoms with Gasteiger partial charge in [-0.05, 0) is 90.4 Å². The van der Waals surface area contributed by atoms with E-state index < -0.39 is 11.9 Å². The van der Waals surface area contributed by atoms with E-state index in [0.717, 1.165) is 74.9 Å². The molecule has 2 aromatic heterocycles. The van der Waals surface area contributed by atoms with Crippen molar-refractivity contribution in [1.82, 2.24) is 19.8 Å². The van der Waals surface area contributed by atoms with Crippen LogP contribution in [-0.2, 0) is 29.1 Å². The average molecular weight is 746 g/mol. The lowest BCUT2D eigenvalue weighted by atomic mass is 9.91. The quantitative estimate of drug-likeness (QED) is 0.126. The lowest BCUT2D eigenvalue weighted by Crippen LogP contribution is -2.49. The van der Waals surface area contributed by atoms with Crippen molar-refractivity contribution in [2.24, 2.45) is 11.8 Å². The second-order valence-electron chi connectivity index (χ2n) is 14.6. The third kappa shape index (κ3) is 6.66. The van der Waals surface area contributed by atoms with Gasteiger partial charge < -0.3 is 24.7 Å². The summed E-state index contributed by atoms with van der Waals surface area (Å²) in [6, 6.07) is 22.9. The molecule has 5 aromatic rings. The van der Waals surface area contributed by atoms with Gasteiger partial charge >= 0.3 is 11.9 Å². The van der Waals surface area contributed by atoms with Crippen LogP contribution in [0.15, 0.2) is 60.7 Å². The van der Waals surface area contributed by atoms with Crippen molar-refractivity contribution in [1.29, 1.82) is 5.26 Å². The molecular weight excluding hydrogens is 706 g/mol. The zero-order valence-electron chi connectivity index (χ0n) is 30.1. The minimum absolute atomic E-state index is 0.251. The number of carbonyl (C=O) groups is 2. The standard InChI is InChI=1S/C42H40ClN5O6/c1-23-30(5-3-6-31(23)36-16-26-13-24(14-27(17-44)38(26)45-36)18-47-12-11-25(19-47)41(49)50)32-7-4-8-34-33(32)9-10-37(34)54-40-35(43)15-28(39(46-40)53-2)20-48-21-29(22-48)42(51)52/h3-8,13-16,25,29,37,45H,9-12,18-22H2,1-2H3,(H,49,50)(H,51,52)/t25-,37-/m0/s1. The number of aliphatic carboxylic acids is 2. The molecule has 0 saturated carbocycles. The van der Waals surface area contributed by atoms with Crippen LogP contribution < -0.4 is 9.47 Å². The third-order valence-electron chi connectivity index (χ3n) is 11.2. The zero-order valence-corrected chi connectivity index (χ0v) is 30.8. The fourth-order valence-corrected chi connectivity index (χ4v) is 8.59. The van der Waals surface area contributed by atoms with Crippen LogP contribution in [0.25, 0.3) is 33.3 Å². The molecule has 4 heterocycles. The van der Waals surface area contributed by atoms with Gasteiger partial charge in [0.25, 0.3) is 0 Å². The van der Waals surface area contributed by atoms with Crippen molar-refractivity contribution in [2.45, 2.75) is 45.4 Å². The largest absolute Gasteiger partial charge is 0.481 e. The number of carboxylic acids is 2. The number of halogens is 1. The molecule has 11 nitrogen and oxygen atoms in total. The highest BCUT2D eigenvalue weighted by molar-refractivity contribution is 6.31. The Balaban J connectivity index is 1.04. The highest BCUT2D eigenvalue weighted by Gasteiger charge is 2.34. The first kappa shape index (κ1) is 35.6. The number of benzene rings is 3. The van der Waals surface area contributed by atoms with Gasteiger partial charge in [0.05, 0.1) is 30.0 Å². The predicted octanol–water partition coefficient (Wildman–Crippen LogP) is 7.23. The van der Waals surface area contributed by atoms with Crippen LogP contribution in [0, 0.1) is 30.1 Å². The highest BCUT2D eigenvalue weighted by Crippen LogP contribution is 2.44. The lowest BCUT2D eigenvalue weighted by Gasteiger charge is -2.36. The van der Waals surface area contributed by atoms with E-state index >= 15 is 0 Å². The number of aromatic nitrogens is 2. The fraction of sp³-hybridized carbons (Fsp3) is 0.333. The van der Waals surface area contributed by atoms with Crippen LogP contribution in [0.1, 0.15) is 52.3 Å². The fourth-order valence-electron chi connectivity index (χ4n) is 8.37. The van der Waals surface area contributed by atoms with Crippen molar-refractivity contribution in [3.8, 4) is 40.2 Å². The molecule has 0 radical (unpaired) electrons. The van der Waals surface area contributed by atoms with Gasteiger partial charge in [0.2, 0.25) is 11.8 Å². The number of ether oxygens (including phenoxy) is 2. The number of carboxylic acid groups (broad SMARTS) is 2. The highest BCUT2D eigenvalue weighted by atomic mass is 35.5. The minimum Gasteiger partial charge on any atom is -0.481 e. The molecule has 276 valence electrons. The number of nitrogens with one attached hydrogen (secondary N) is 1. The summed E-state index contributed by atoms with van der Waals surface area (Å²) in [7, 11) is 1.55. The van der Waals surface area contributed by atoms with Gasteiger partial charge in [-0.3, -0.25) is 19.4 Å². The summed E-state index contributed by atoms with van der Waals surface area (Å²) in [5.41, 5.74) is 10.8. The Morgan fingerprint density at radius 1 is 0.944 bits per heavy atom. The minimum atomic E-state index is -0.784. The van der Waals surface area contributed by atoms with Gasteiger partial charge in [-0.15, -0.1) is 0 Å². The molecule has 3 N–H and O–H groups in total. The number of likely N-dealkylation sites (tertiary alicyclic amines) is 2. The second kappa shape index (κ2) is 14.4. The molecule has 54 heavy (non-hydrogen) atoms. The molecule has 1 aliphatic carbocycles. The van der Waals surface area contributed by atoms with Gasteiger partial charge in [-0.25, -0.2) is 0 Å². The first-order valence-electron chi connectivity index (χ1n) is 18.2. The first-order chi connectivity index (χ1) is 26.1. The molecule has 0 spiro atoms. The number of aromatic amines is 1. The maximum Gasteiger partial charge on any atom is 0.309 e. The smallest absolute Gasteiger partial charge is 0.309 e. The van der Waals surface area contributed by atoms with Crippen molar-refractivity contribution in [2.75, 3.05) is 33.3 Å². The number of nitrogens with zero attached hydrogens (tertiary/aromatic N) is 4. The number of nitriles is 1. The topological polar surface area (TPSA) is 152 Å². The lowest BCUT2D eigenvalue weighted by molar-refractivity contribution is -0.147. The summed E-state index contributed by atoms with van der Waals surface area (Å²) in [6.07, 6.45) is 1.96. The molecule has 2 aliphatic heterocycles. The number of H-pyrrole nitrogens is 1. The average Bonchev–Trinajstić information content (AvgIpc) is 3.89. The molecule has 2 atom stereocenters. The molecule has 0 bridgehead atoms. The van der Waals surface area contributed by atoms with Crippen molar-refractivity contribution in [3.05, 3.63) is 99.1 Å². The molecule has 12 heteroatoms. The van der Waals surface area contributed by atoms with Crippen LogP contribution in [-0.4, -0.2) is 75.2 Å². The number of hydrogen-bond donors (Lipinski definition) is 3. The Kier molecular flexibility index (Phi) is 9.52. The predicted molar refractivity (Wildman–Crippen MR) is 204 cm³/mol. The van der Waals surface area contributed by atoms with Gasteiger partial charge in [0.1, 0.15) is 17.2 Å². The molecule has 3 aliphatic rings. The number of fused-ring (bicyclic) bond motifs is 2. The Hall–Kier alpha value is -5.41. The Labute approximate surface area is 317 Å². The normalized spacial score (nSPS) is 18.7. The molecule has 3 aromatic carbocycles.